The van der Waals surface area contributed by atoms with Crippen molar-refractivity contribution >= 4 is 6.09 Å². The van der Waals surface area contributed by atoms with Crippen molar-refractivity contribution in [1.29, 1.82) is 0 Å². The van der Waals surface area contributed by atoms with Crippen LogP contribution in [0.5, 0.6) is 0 Å². The lowest BCUT2D eigenvalue weighted by molar-refractivity contribution is 0.0521. The molecule has 0 spiro atoms. The van der Waals surface area contributed by atoms with Crippen LogP contribution < -0.4 is 11.1 Å². The highest BCUT2D eigenvalue weighted by Gasteiger charge is 2.20. The second kappa shape index (κ2) is 9.26. The molecular formula is C16H35N3O2. The van der Waals surface area contributed by atoms with Crippen molar-refractivity contribution in [3.63, 3.8) is 0 Å². The molecule has 3 N–H and O–H groups in total. The monoisotopic (exact) mass is 301 g/mol. The second-order valence-electron chi connectivity index (χ2n) is 7.25. The zero-order valence-electron chi connectivity index (χ0n) is 14.9. The number of nitrogens with zero attached hydrogens (tertiary/aromatic N) is 1. The van der Waals surface area contributed by atoms with Crippen molar-refractivity contribution < 1.29 is 9.53 Å². The van der Waals surface area contributed by atoms with Gasteiger partial charge in [-0.2, -0.15) is 0 Å². The average Bonchev–Trinajstić information content (AvgIpc) is 2.30. The summed E-state index contributed by atoms with van der Waals surface area (Å²) in [5.74, 6) is 0.667. The number of rotatable bonds is 8. The van der Waals surface area contributed by atoms with Crippen molar-refractivity contribution in [1.82, 2.24) is 10.2 Å². The predicted octanol–water partition coefficient (Wildman–Crippen LogP) is 2.59. The third-order valence-electron chi connectivity index (χ3n) is 3.50. The van der Waals surface area contributed by atoms with Gasteiger partial charge in [-0.05, 0) is 53.5 Å². The Morgan fingerprint density at radius 3 is 2.29 bits per heavy atom. The van der Waals surface area contributed by atoms with Crippen molar-refractivity contribution in [2.75, 3.05) is 20.1 Å². The number of hydrogen-bond donors (Lipinski definition) is 2. The minimum Gasteiger partial charge on any atom is -0.444 e. The Morgan fingerprint density at radius 1 is 1.29 bits per heavy atom. The number of carbonyl (C=O) groups is 1. The van der Waals surface area contributed by atoms with Crippen LogP contribution >= 0.6 is 0 Å². The zero-order valence-corrected chi connectivity index (χ0v) is 14.9. The highest BCUT2D eigenvalue weighted by Crippen LogP contribution is 2.13. The topological polar surface area (TPSA) is 67.6 Å². The van der Waals surface area contributed by atoms with Crippen LogP contribution in [-0.2, 0) is 4.74 Å². The van der Waals surface area contributed by atoms with Gasteiger partial charge in [-0.15, -0.1) is 0 Å². The first kappa shape index (κ1) is 20.2. The quantitative estimate of drug-likeness (QED) is 0.723. The van der Waals surface area contributed by atoms with E-state index in [2.05, 4.69) is 38.0 Å². The van der Waals surface area contributed by atoms with E-state index in [1.165, 1.54) is 0 Å². The largest absolute Gasteiger partial charge is 0.444 e. The Balaban J connectivity index is 4.18. The number of nitrogens with two attached hydrogens (primary N) is 1. The lowest BCUT2D eigenvalue weighted by Crippen LogP contribution is -2.45. The Bertz CT molecular complexity index is 300. The van der Waals surface area contributed by atoms with E-state index in [1.807, 2.05) is 20.8 Å². The number of alkyl carbamates (subject to hydrolysis) is 1. The SMILES string of the molecule is CC(C)CC(C)N(C)C(CN)CCNC(=O)OC(C)(C)C. The molecule has 126 valence electrons. The Morgan fingerprint density at radius 2 is 1.86 bits per heavy atom. The molecule has 1 amide bonds. The molecule has 0 saturated heterocycles. The van der Waals surface area contributed by atoms with Gasteiger partial charge < -0.3 is 15.8 Å². The fourth-order valence-corrected chi connectivity index (χ4v) is 2.35. The van der Waals surface area contributed by atoms with E-state index in [9.17, 15) is 4.79 Å². The molecule has 2 unspecified atom stereocenters. The van der Waals surface area contributed by atoms with E-state index >= 15 is 0 Å². The summed E-state index contributed by atoms with van der Waals surface area (Å²) in [5, 5.41) is 2.80. The molecule has 0 heterocycles. The summed E-state index contributed by atoms with van der Waals surface area (Å²) >= 11 is 0. The first-order chi connectivity index (χ1) is 9.56. The summed E-state index contributed by atoms with van der Waals surface area (Å²) in [5.41, 5.74) is 5.42. The van der Waals surface area contributed by atoms with E-state index < -0.39 is 5.60 Å². The molecule has 0 fully saturated rings. The number of hydrogen-bond acceptors (Lipinski definition) is 4. The Labute approximate surface area is 130 Å². The van der Waals surface area contributed by atoms with Crippen LogP contribution in [0.3, 0.4) is 0 Å². The van der Waals surface area contributed by atoms with Crippen LogP contribution in [0.15, 0.2) is 0 Å². The number of carbonyl (C=O) groups excluding carboxylic acids is 1. The molecule has 5 heteroatoms. The first-order valence-electron chi connectivity index (χ1n) is 7.95. The fourth-order valence-electron chi connectivity index (χ4n) is 2.35. The van der Waals surface area contributed by atoms with Crippen LogP contribution in [0.2, 0.25) is 0 Å². The smallest absolute Gasteiger partial charge is 0.407 e. The lowest BCUT2D eigenvalue weighted by atomic mass is 10.0. The molecule has 0 rings (SSSR count). The van der Waals surface area contributed by atoms with Gasteiger partial charge in [0.25, 0.3) is 0 Å². The van der Waals surface area contributed by atoms with Crippen LogP contribution in [0.1, 0.15) is 54.4 Å². The van der Waals surface area contributed by atoms with Crippen LogP contribution in [0.4, 0.5) is 4.79 Å². The van der Waals surface area contributed by atoms with Gasteiger partial charge >= 0.3 is 6.09 Å². The summed E-state index contributed by atoms with van der Waals surface area (Å²) in [6, 6.07) is 0.758. The zero-order chi connectivity index (χ0) is 16.6. The van der Waals surface area contributed by atoms with Gasteiger partial charge in [0.2, 0.25) is 0 Å². The average molecular weight is 301 g/mol. The molecule has 0 aliphatic heterocycles. The molecule has 21 heavy (non-hydrogen) atoms. The van der Waals surface area contributed by atoms with Crippen LogP contribution in [-0.4, -0.2) is 48.8 Å². The van der Waals surface area contributed by atoms with E-state index in [0.29, 0.717) is 25.0 Å². The Hall–Kier alpha value is -0.810. The molecule has 0 bridgehead atoms. The van der Waals surface area contributed by atoms with Gasteiger partial charge in [0.1, 0.15) is 5.60 Å². The number of likely N-dealkylation sites (N-methyl/N-ethyl adjacent to an activating group) is 1. The van der Waals surface area contributed by atoms with Gasteiger partial charge in [-0.3, -0.25) is 4.90 Å². The molecule has 0 aromatic carbocycles. The van der Waals surface area contributed by atoms with Gasteiger partial charge in [0, 0.05) is 25.2 Å². The van der Waals surface area contributed by atoms with E-state index in [0.717, 1.165) is 12.8 Å². The minimum atomic E-state index is -0.458. The molecular weight excluding hydrogens is 266 g/mol. The standard InChI is InChI=1S/C16H35N3O2/c1-12(2)10-13(3)19(7)14(11-17)8-9-18-15(20)21-16(4,5)6/h12-14H,8-11,17H2,1-7H3,(H,18,20). The van der Waals surface area contributed by atoms with Crippen molar-refractivity contribution in [3.8, 4) is 0 Å². The molecule has 0 aliphatic rings. The summed E-state index contributed by atoms with van der Waals surface area (Å²) in [7, 11) is 2.11. The van der Waals surface area contributed by atoms with Crippen molar-refractivity contribution in [2.45, 2.75) is 72.1 Å². The third kappa shape index (κ3) is 9.69. The molecule has 5 nitrogen and oxygen atoms in total. The summed E-state index contributed by atoms with van der Waals surface area (Å²) in [4.78, 5) is 13.9. The highest BCUT2D eigenvalue weighted by atomic mass is 16.6. The van der Waals surface area contributed by atoms with E-state index in [-0.39, 0.29) is 12.1 Å². The summed E-state index contributed by atoms with van der Waals surface area (Å²) < 4.78 is 5.22. The maximum atomic E-state index is 11.6. The van der Waals surface area contributed by atoms with Gasteiger partial charge in [-0.25, -0.2) is 4.79 Å². The van der Waals surface area contributed by atoms with E-state index in [1.54, 1.807) is 0 Å². The number of amides is 1. The maximum absolute atomic E-state index is 11.6. The van der Waals surface area contributed by atoms with Gasteiger partial charge in [0.15, 0.2) is 0 Å². The second-order valence-corrected chi connectivity index (χ2v) is 7.25. The molecule has 0 aromatic rings. The predicted molar refractivity (Wildman–Crippen MR) is 88.4 cm³/mol. The Kier molecular flexibility index (Phi) is 8.90. The normalized spacial score (nSPS) is 15.1. The molecule has 0 saturated carbocycles. The molecule has 0 aliphatic carbocycles. The van der Waals surface area contributed by atoms with Crippen molar-refractivity contribution in [2.24, 2.45) is 11.7 Å². The van der Waals surface area contributed by atoms with Gasteiger partial charge in [-0.1, -0.05) is 13.8 Å². The molecule has 0 aromatic heterocycles. The molecule has 2 atom stereocenters. The summed E-state index contributed by atoms with van der Waals surface area (Å²) in [6.07, 6.45) is 1.61. The lowest BCUT2D eigenvalue weighted by Gasteiger charge is -2.33. The van der Waals surface area contributed by atoms with Crippen LogP contribution in [0, 0.1) is 5.92 Å². The summed E-state index contributed by atoms with van der Waals surface area (Å²) in [6.45, 7) is 13.4. The van der Waals surface area contributed by atoms with Crippen LogP contribution in [0.25, 0.3) is 0 Å². The minimum absolute atomic E-state index is 0.272. The number of nitrogens with one attached hydrogen (secondary N) is 1. The fraction of sp³-hybridized carbons (Fsp3) is 0.938. The van der Waals surface area contributed by atoms with Crippen molar-refractivity contribution in [3.05, 3.63) is 0 Å². The van der Waals surface area contributed by atoms with Gasteiger partial charge in [0.05, 0.1) is 0 Å². The van der Waals surface area contributed by atoms with E-state index in [4.69, 9.17) is 10.5 Å². The maximum Gasteiger partial charge on any atom is 0.407 e. The third-order valence-corrected chi connectivity index (χ3v) is 3.50. The highest BCUT2D eigenvalue weighted by molar-refractivity contribution is 5.67. The first-order valence-corrected chi connectivity index (χ1v) is 7.95. The molecule has 0 radical (unpaired) electrons. The number of ether oxygens (including phenoxy) is 1.